The molecule has 0 aromatic rings. The third-order valence-electron chi connectivity index (χ3n) is 3.75. The van der Waals surface area contributed by atoms with E-state index in [1.54, 1.807) is 0 Å². The number of rotatable bonds is 6. The van der Waals surface area contributed by atoms with Crippen LogP contribution in [0.15, 0.2) is 0 Å². The molecule has 1 saturated heterocycles. The molecule has 0 amide bonds. The minimum Gasteiger partial charge on any atom is -0.375 e. The molecule has 1 rings (SSSR count). The molecule has 0 spiro atoms. The van der Waals surface area contributed by atoms with Crippen molar-refractivity contribution in [2.24, 2.45) is 5.92 Å². The molecule has 1 aliphatic heterocycles. The Labute approximate surface area is 107 Å². The van der Waals surface area contributed by atoms with Crippen LogP contribution in [-0.2, 0) is 4.74 Å². The predicted molar refractivity (Wildman–Crippen MR) is 73.4 cm³/mol. The fraction of sp³-hybridized carbons (Fsp3) is 1.00. The van der Waals surface area contributed by atoms with Gasteiger partial charge in [-0.25, -0.2) is 0 Å². The van der Waals surface area contributed by atoms with Crippen molar-refractivity contribution in [3.05, 3.63) is 0 Å². The van der Waals surface area contributed by atoms with Crippen LogP contribution in [0.25, 0.3) is 0 Å². The first-order valence-corrected chi connectivity index (χ1v) is 7.00. The maximum absolute atomic E-state index is 5.72. The van der Waals surface area contributed by atoms with Gasteiger partial charge in [-0.15, -0.1) is 0 Å². The van der Waals surface area contributed by atoms with Gasteiger partial charge in [0, 0.05) is 25.7 Å². The summed E-state index contributed by atoms with van der Waals surface area (Å²) >= 11 is 0. The average Bonchev–Trinajstić information content (AvgIpc) is 2.26. The van der Waals surface area contributed by atoms with Crippen LogP contribution in [0.1, 0.15) is 40.5 Å². The van der Waals surface area contributed by atoms with Gasteiger partial charge in [-0.3, -0.25) is 0 Å². The Hall–Kier alpha value is -0.120. The van der Waals surface area contributed by atoms with Crippen LogP contribution in [-0.4, -0.2) is 49.8 Å². The van der Waals surface area contributed by atoms with E-state index in [1.807, 2.05) is 0 Å². The second kappa shape index (κ2) is 6.72. The third kappa shape index (κ3) is 5.36. The highest BCUT2D eigenvalue weighted by Gasteiger charge is 2.25. The molecule has 0 aromatic carbocycles. The lowest BCUT2D eigenvalue weighted by atomic mass is 9.91. The highest BCUT2D eigenvalue weighted by Crippen LogP contribution is 2.19. The summed E-state index contributed by atoms with van der Waals surface area (Å²) in [7, 11) is 2.23. The van der Waals surface area contributed by atoms with E-state index >= 15 is 0 Å². The molecule has 1 fully saturated rings. The van der Waals surface area contributed by atoms with Crippen molar-refractivity contribution in [3.63, 3.8) is 0 Å². The van der Waals surface area contributed by atoms with Crippen LogP contribution in [0.2, 0.25) is 0 Å². The van der Waals surface area contributed by atoms with Crippen molar-refractivity contribution in [1.29, 1.82) is 0 Å². The molecule has 0 bridgehead atoms. The van der Waals surface area contributed by atoms with Crippen LogP contribution in [0.5, 0.6) is 0 Å². The normalized spacial score (nSPS) is 24.9. The van der Waals surface area contributed by atoms with Crippen molar-refractivity contribution in [2.75, 3.05) is 33.3 Å². The Bertz CT molecular complexity index is 218. The highest BCUT2D eigenvalue weighted by atomic mass is 16.5. The minimum absolute atomic E-state index is 0.0520. The lowest BCUT2D eigenvalue weighted by Crippen LogP contribution is -2.47. The summed E-state index contributed by atoms with van der Waals surface area (Å²) in [6.07, 6.45) is 2.69. The van der Waals surface area contributed by atoms with Crippen molar-refractivity contribution in [2.45, 2.75) is 52.2 Å². The maximum Gasteiger partial charge on any atom is 0.0750 e. The predicted octanol–water partition coefficient (Wildman–Crippen LogP) is 2.12. The largest absolute Gasteiger partial charge is 0.375 e. The van der Waals surface area contributed by atoms with E-state index in [2.05, 4.69) is 45.0 Å². The topological polar surface area (TPSA) is 24.5 Å². The molecular formula is C14H30N2O. The van der Waals surface area contributed by atoms with Crippen LogP contribution in [0, 0.1) is 5.92 Å². The monoisotopic (exact) mass is 242 g/mol. The Morgan fingerprint density at radius 1 is 1.47 bits per heavy atom. The molecule has 17 heavy (non-hydrogen) atoms. The standard InChI is InChI=1S/C14H30N2O/c1-6-17-14(3,4)11-15-12(2)13-8-7-9-16(5)10-13/h12-13,15H,6-11H2,1-5H3. The van der Waals surface area contributed by atoms with Gasteiger partial charge in [0.15, 0.2) is 0 Å². The van der Waals surface area contributed by atoms with Crippen LogP contribution >= 0.6 is 0 Å². The summed E-state index contributed by atoms with van der Waals surface area (Å²) in [5.41, 5.74) is -0.0520. The second-order valence-electron chi connectivity index (χ2n) is 6.03. The van der Waals surface area contributed by atoms with Gasteiger partial charge in [0.1, 0.15) is 0 Å². The van der Waals surface area contributed by atoms with Crippen molar-refractivity contribution < 1.29 is 4.74 Å². The summed E-state index contributed by atoms with van der Waals surface area (Å²) in [6, 6.07) is 0.581. The van der Waals surface area contributed by atoms with Gasteiger partial charge in [0.25, 0.3) is 0 Å². The molecule has 1 aliphatic rings. The molecule has 2 unspecified atom stereocenters. The molecule has 0 aromatic heterocycles. The zero-order chi connectivity index (χ0) is 12.9. The summed E-state index contributed by atoms with van der Waals surface area (Å²) in [4.78, 5) is 2.44. The van der Waals surface area contributed by atoms with Gasteiger partial charge in [0.2, 0.25) is 0 Å². The summed E-state index contributed by atoms with van der Waals surface area (Å²) in [6.45, 7) is 12.9. The first-order valence-electron chi connectivity index (χ1n) is 7.00. The number of ether oxygens (including phenoxy) is 1. The van der Waals surface area contributed by atoms with E-state index in [1.165, 1.54) is 25.9 Å². The number of hydrogen-bond acceptors (Lipinski definition) is 3. The van der Waals surface area contributed by atoms with E-state index in [0.29, 0.717) is 6.04 Å². The zero-order valence-electron chi connectivity index (χ0n) is 12.3. The number of nitrogens with one attached hydrogen (secondary N) is 1. The van der Waals surface area contributed by atoms with E-state index in [-0.39, 0.29) is 5.60 Å². The average molecular weight is 242 g/mol. The maximum atomic E-state index is 5.72. The summed E-state index contributed by atoms with van der Waals surface area (Å²) < 4.78 is 5.72. The molecule has 0 aliphatic carbocycles. The van der Waals surface area contributed by atoms with Gasteiger partial charge in [0.05, 0.1) is 5.60 Å². The number of likely N-dealkylation sites (tertiary alicyclic amines) is 1. The Morgan fingerprint density at radius 2 is 2.18 bits per heavy atom. The molecule has 2 atom stereocenters. The van der Waals surface area contributed by atoms with E-state index in [0.717, 1.165) is 19.1 Å². The number of piperidine rings is 1. The Morgan fingerprint density at radius 3 is 2.76 bits per heavy atom. The lowest BCUT2D eigenvalue weighted by Gasteiger charge is -2.35. The number of hydrogen-bond donors (Lipinski definition) is 1. The summed E-state index contributed by atoms with van der Waals surface area (Å²) in [5.74, 6) is 0.783. The zero-order valence-corrected chi connectivity index (χ0v) is 12.3. The molecule has 1 N–H and O–H groups in total. The molecular weight excluding hydrogens is 212 g/mol. The van der Waals surface area contributed by atoms with Gasteiger partial charge >= 0.3 is 0 Å². The van der Waals surface area contributed by atoms with Crippen molar-refractivity contribution in [3.8, 4) is 0 Å². The highest BCUT2D eigenvalue weighted by molar-refractivity contribution is 4.82. The third-order valence-corrected chi connectivity index (χ3v) is 3.75. The molecule has 3 heteroatoms. The Balaban J connectivity index is 2.30. The van der Waals surface area contributed by atoms with Gasteiger partial charge < -0.3 is 15.0 Å². The lowest BCUT2D eigenvalue weighted by molar-refractivity contribution is -0.0122. The molecule has 3 nitrogen and oxygen atoms in total. The molecule has 0 radical (unpaired) electrons. The van der Waals surface area contributed by atoms with E-state index < -0.39 is 0 Å². The van der Waals surface area contributed by atoms with Crippen LogP contribution < -0.4 is 5.32 Å². The quantitative estimate of drug-likeness (QED) is 0.772. The van der Waals surface area contributed by atoms with E-state index in [9.17, 15) is 0 Å². The number of nitrogens with zero attached hydrogens (tertiary/aromatic N) is 1. The molecule has 1 heterocycles. The van der Waals surface area contributed by atoms with Gasteiger partial charge in [-0.1, -0.05) is 0 Å². The minimum atomic E-state index is -0.0520. The first-order chi connectivity index (χ1) is 7.94. The van der Waals surface area contributed by atoms with Crippen molar-refractivity contribution in [1.82, 2.24) is 10.2 Å². The van der Waals surface area contributed by atoms with Crippen LogP contribution in [0.4, 0.5) is 0 Å². The second-order valence-corrected chi connectivity index (χ2v) is 6.03. The molecule has 102 valence electrons. The fourth-order valence-electron chi connectivity index (χ4n) is 2.63. The van der Waals surface area contributed by atoms with Crippen LogP contribution in [0.3, 0.4) is 0 Å². The first kappa shape index (κ1) is 14.9. The summed E-state index contributed by atoms with van der Waals surface area (Å²) in [5, 5.41) is 3.65. The fourth-order valence-corrected chi connectivity index (χ4v) is 2.63. The van der Waals surface area contributed by atoms with Crippen molar-refractivity contribution >= 4 is 0 Å². The smallest absolute Gasteiger partial charge is 0.0750 e. The van der Waals surface area contributed by atoms with Gasteiger partial charge in [-0.2, -0.15) is 0 Å². The van der Waals surface area contributed by atoms with E-state index in [4.69, 9.17) is 4.74 Å². The SMILES string of the molecule is CCOC(C)(C)CNC(C)C1CCCN(C)C1. The Kier molecular flexibility index (Phi) is 5.90. The molecule has 0 saturated carbocycles. The van der Waals surface area contributed by atoms with Gasteiger partial charge in [-0.05, 0) is 60.0 Å².